The largest absolute Gasteiger partial charge is 0.372 e. The quantitative estimate of drug-likeness (QED) is 0.876. The van der Waals surface area contributed by atoms with Crippen LogP contribution in [0, 0.1) is 5.82 Å². The molecule has 17 heavy (non-hydrogen) atoms. The van der Waals surface area contributed by atoms with Crippen molar-refractivity contribution >= 4 is 28.2 Å². The van der Waals surface area contributed by atoms with Gasteiger partial charge < -0.3 is 5.32 Å². The predicted molar refractivity (Wildman–Crippen MR) is 63.8 cm³/mol. The molecule has 1 amide bonds. The zero-order valence-corrected chi connectivity index (χ0v) is 9.71. The van der Waals surface area contributed by atoms with Crippen LogP contribution in [-0.2, 0) is 0 Å². The molecule has 0 saturated heterocycles. The smallest absolute Gasteiger partial charge is 0.261 e. The lowest BCUT2D eigenvalue weighted by Crippen LogP contribution is -2.15. The summed E-state index contributed by atoms with van der Waals surface area (Å²) in [6.07, 6.45) is 2.62. The van der Waals surface area contributed by atoms with Gasteiger partial charge in [0.1, 0.15) is 11.6 Å². The summed E-state index contributed by atoms with van der Waals surface area (Å²) in [4.78, 5) is 19.5. The second-order valence-electron chi connectivity index (χ2n) is 3.09. The first kappa shape index (κ1) is 11.5. The fraction of sp³-hybridized carbons (Fsp3) is 0.100. The van der Waals surface area contributed by atoms with Gasteiger partial charge in [-0.05, 0) is 6.07 Å². The fourth-order valence-corrected chi connectivity index (χ4v) is 1.79. The third kappa shape index (κ3) is 2.56. The third-order valence-electron chi connectivity index (χ3n) is 1.99. The number of thiazole rings is 1. The van der Waals surface area contributed by atoms with Crippen LogP contribution in [0.5, 0.6) is 0 Å². The van der Waals surface area contributed by atoms with Crippen LogP contribution in [0.1, 0.15) is 10.4 Å². The van der Waals surface area contributed by atoms with E-state index in [1.807, 2.05) is 0 Å². The number of anilines is 2. The molecule has 88 valence electrons. The van der Waals surface area contributed by atoms with Crippen molar-refractivity contribution in [1.29, 1.82) is 0 Å². The van der Waals surface area contributed by atoms with Crippen molar-refractivity contribution in [3.05, 3.63) is 35.2 Å². The molecule has 0 aliphatic rings. The molecule has 2 aromatic rings. The summed E-state index contributed by atoms with van der Waals surface area (Å²) >= 11 is 1.29. The topological polar surface area (TPSA) is 66.9 Å². The number of nitrogens with one attached hydrogen (secondary N) is 2. The molecule has 0 aromatic carbocycles. The van der Waals surface area contributed by atoms with Crippen molar-refractivity contribution in [1.82, 2.24) is 9.97 Å². The van der Waals surface area contributed by atoms with Gasteiger partial charge in [-0.2, -0.15) is 0 Å². The highest BCUT2D eigenvalue weighted by Gasteiger charge is 2.14. The monoisotopic (exact) mass is 252 g/mol. The van der Waals surface area contributed by atoms with Gasteiger partial charge in [-0.1, -0.05) is 0 Å². The fourth-order valence-electron chi connectivity index (χ4n) is 1.26. The van der Waals surface area contributed by atoms with Crippen molar-refractivity contribution in [2.24, 2.45) is 0 Å². The summed E-state index contributed by atoms with van der Waals surface area (Å²) in [5.41, 5.74) is 0.141. The van der Waals surface area contributed by atoms with E-state index in [0.717, 1.165) is 12.3 Å². The van der Waals surface area contributed by atoms with Crippen LogP contribution in [-0.4, -0.2) is 22.9 Å². The lowest BCUT2D eigenvalue weighted by molar-refractivity contribution is 0.102. The first-order valence-electron chi connectivity index (χ1n) is 4.75. The molecule has 0 saturated carbocycles. The Balaban J connectivity index is 2.26. The number of halogens is 1. The number of hydrogen-bond donors (Lipinski definition) is 2. The summed E-state index contributed by atoms with van der Waals surface area (Å²) in [5.74, 6) is -0.690. The van der Waals surface area contributed by atoms with Gasteiger partial charge in [0.25, 0.3) is 5.91 Å². The van der Waals surface area contributed by atoms with Crippen LogP contribution in [0.4, 0.5) is 15.3 Å². The Morgan fingerprint density at radius 2 is 2.29 bits per heavy atom. The van der Waals surface area contributed by atoms with E-state index in [0.29, 0.717) is 10.9 Å². The molecule has 0 bridgehead atoms. The number of pyridine rings is 1. The van der Waals surface area contributed by atoms with Crippen molar-refractivity contribution < 1.29 is 9.18 Å². The van der Waals surface area contributed by atoms with Crippen molar-refractivity contribution in [3.63, 3.8) is 0 Å². The molecule has 0 unspecified atom stereocenters. The maximum atomic E-state index is 13.0. The highest BCUT2D eigenvalue weighted by molar-refractivity contribution is 7.13. The number of rotatable bonds is 3. The Bertz CT molecular complexity index is 529. The first-order chi connectivity index (χ1) is 8.20. The van der Waals surface area contributed by atoms with E-state index in [2.05, 4.69) is 20.6 Å². The Labute approximate surface area is 101 Å². The zero-order chi connectivity index (χ0) is 12.3. The van der Waals surface area contributed by atoms with Crippen LogP contribution in [0.2, 0.25) is 0 Å². The summed E-state index contributed by atoms with van der Waals surface area (Å²) in [6.45, 7) is 0. The molecule has 7 heteroatoms. The van der Waals surface area contributed by atoms with E-state index < -0.39 is 11.7 Å². The lowest BCUT2D eigenvalue weighted by Gasteiger charge is -2.07. The van der Waals surface area contributed by atoms with Gasteiger partial charge in [0.05, 0.1) is 11.8 Å². The normalized spacial score (nSPS) is 10.0. The SMILES string of the molecule is CNc1ncc(F)cc1C(=O)Nc1nccs1. The van der Waals surface area contributed by atoms with E-state index in [4.69, 9.17) is 0 Å². The van der Waals surface area contributed by atoms with Crippen molar-refractivity contribution in [2.45, 2.75) is 0 Å². The van der Waals surface area contributed by atoms with Gasteiger partial charge in [-0.25, -0.2) is 14.4 Å². The van der Waals surface area contributed by atoms with Gasteiger partial charge in [0, 0.05) is 18.6 Å². The number of carbonyl (C=O) groups is 1. The molecular formula is C10H9FN4OS. The molecule has 2 N–H and O–H groups in total. The second-order valence-corrected chi connectivity index (χ2v) is 3.99. The maximum Gasteiger partial charge on any atom is 0.261 e. The molecule has 0 radical (unpaired) electrons. The summed E-state index contributed by atoms with van der Waals surface area (Å²) in [5, 5.41) is 7.48. The summed E-state index contributed by atoms with van der Waals surface area (Å²) in [7, 11) is 1.61. The zero-order valence-electron chi connectivity index (χ0n) is 8.90. The van der Waals surface area contributed by atoms with Crippen LogP contribution in [0.25, 0.3) is 0 Å². The molecule has 0 atom stereocenters. The summed E-state index contributed by atoms with van der Waals surface area (Å²) in [6, 6.07) is 1.13. The van der Waals surface area contributed by atoms with Crippen LogP contribution < -0.4 is 10.6 Å². The molecule has 5 nitrogen and oxygen atoms in total. The minimum Gasteiger partial charge on any atom is -0.372 e. The van der Waals surface area contributed by atoms with Gasteiger partial charge in [-0.3, -0.25) is 10.1 Å². The second kappa shape index (κ2) is 4.88. The number of hydrogen-bond acceptors (Lipinski definition) is 5. The standard InChI is InChI=1S/C10H9FN4OS/c1-12-8-7(4-6(11)5-14-8)9(16)15-10-13-2-3-17-10/h2-5H,1H3,(H,12,14)(H,13,15,16). The van der Waals surface area contributed by atoms with Crippen LogP contribution in [0.3, 0.4) is 0 Å². The molecule has 0 aliphatic heterocycles. The number of amides is 1. The van der Waals surface area contributed by atoms with Crippen molar-refractivity contribution in [3.8, 4) is 0 Å². The van der Waals surface area contributed by atoms with Crippen LogP contribution in [0.15, 0.2) is 23.8 Å². The highest BCUT2D eigenvalue weighted by atomic mass is 32.1. The minimum atomic E-state index is -0.562. The van der Waals surface area contributed by atoms with Gasteiger partial charge in [-0.15, -0.1) is 11.3 Å². The van der Waals surface area contributed by atoms with E-state index in [1.165, 1.54) is 11.3 Å². The van der Waals surface area contributed by atoms with Crippen molar-refractivity contribution in [2.75, 3.05) is 17.7 Å². The molecule has 0 fully saturated rings. The van der Waals surface area contributed by atoms with E-state index >= 15 is 0 Å². The minimum absolute atomic E-state index is 0.141. The number of nitrogens with zero attached hydrogens (tertiary/aromatic N) is 2. The Morgan fingerprint density at radius 3 is 2.94 bits per heavy atom. The highest BCUT2D eigenvalue weighted by Crippen LogP contribution is 2.17. The molecule has 2 heterocycles. The van der Waals surface area contributed by atoms with E-state index in [9.17, 15) is 9.18 Å². The Kier molecular flexibility index (Phi) is 3.29. The van der Waals surface area contributed by atoms with E-state index in [-0.39, 0.29) is 5.56 Å². The third-order valence-corrected chi connectivity index (χ3v) is 2.68. The van der Waals surface area contributed by atoms with Gasteiger partial charge in [0.15, 0.2) is 5.13 Å². The molecule has 0 aliphatic carbocycles. The number of aromatic nitrogens is 2. The average molecular weight is 252 g/mol. The Hall–Kier alpha value is -2.02. The maximum absolute atomic E-state index is 13.0. The molecular weight excluding hydrogens is 243 g/mol. The van der Waals surface area contributed by atoms with Gasteiger partial charge in [0.2, 0.25) is 0 Å². The molecule has 2 rings (SSSR count). The molecule has 0 spiro atoms. The summed E-state index contributed by atoms with van der Waals surface area (Å²) < 4.78 is 13.0. The average Bonchev–Trinajstić information content (AvgIpc) is 2.81. The Morgan fingerprint density at radius 1 is 1.47 bits per heavy atom. The number of carbonyl (C=O) groups excluding carboxylic acids is 1. The van der Waals surface area contributed by atoms with E-state index in [1.54, 1.807) is 18.6 Å². The van der Waals surface area contributed by atoms with Gasteiger partial charge >= 0.3 is 0 Å². The predicted octanol–water partition coefficient (Wildman–Crippen LogP) is 1.97. The van der Waals surface area contributed by atoms with Crippen LogP contribution >= 0.6 is 11.3 Å². The first-order valence-corrected chi connectivity index (χ1v) is 5.63. The lowest BCUT2D eigenvalue weighted by atomic mass is 10.2. The molecule has 2 aromatic heterocycles.